The van der Waals surface area contributed by atoms with Crippen LogP contribution in [0.3, 0.4) is 0 Å². The Morgan fingerprint density at radius 3 is 2.65 bits per heavy atom. The van der Waals surface area contributed by atoms with Crippen LogP contribution in [0.5, 0.6) is 0 Å². The molecule has 0 aliphatic carbocycles. The fourth-order valence-electron chi connectivity index (χ4n) is 3.05. The number of hydrogen-bond donors (Lipinski definition) is 1. The predicted molar refractivity (Wildman–Crippen MR) is 95.4 cm³/mol. The number of fused-ring (bicyclic) bond motifs is 1. The maximum atomic E-state index is 12.0. The minimum Gasteiger partial charge on any atom is -0.356 e. The minimum atomic E-state index is 0.152. The topological polar surface area (TPSA) is 46.9 Å². The standard InChI is InChI=1S/C19H29N3O/c1-4-14-22-17-11-8-7-10-16(17)21-18(22)12-9-13-20-19(23)15(5-2)6-3/h7-8,10-11,15H,4-6,9,12-14H2,1-3H3,(H,20,23). The Kier molecular flexibility index (Phi) is 6.63. The highest BCUT2D eigenvalue weighted by Gasteiger charge is 2.13. The molecule has 2 rings (SSSR count). The van der Waals surface area contributed by atoms with Crippen LogP contribution in [0.4, 0.5) is 0 Å². The number of carbonyl (C=O) groups excluding carboxylic acids is 1. The quantitative estimate of drug-likeness (QED) is 0.713. The summed E-state index contributed by atoms with van der Waals surface area (Å²) < 4.78 is 2.32. The summed E-state index contributed by atoms with van der Waals surface area (Å²) in [5, 5.41) is 3.06. The SMILES string of the molecule is CCCn1c(CCCNC(=O)C(CC)CC)nc2ccccc21. The third kappa shape index (κ3) is 4.34. The molecule has 0 spiro atoms. The van der Waals surface area contributed by atoms with Gasteiger partial charge in [0.2, 0.25) is 5.91 Å². The van der Waals surface area contributed by atoms with Crippen molar-refractivity contribution < 1.29 is 4.79 Å². The fourth-order valence-corrected chi connectivity index (χ4v) is 3.05. The molecule has 23 heavy (non-hydrogen) atoms. The van der Waals surface area contributed by atoms with E-state index in [2.05, 4.69) is 48.9 Å². The van der Waals surface area contributed by atoms with Crippen LogP contribution in [0, 0.1) is 5.92 Å². The Morgan fingerprint density at radius 1 is 1.22 bits per heavy atom. The molecule has 4 nitrogen and oxygen atoms in total. The van der Waals surface area contributed by atoms with E-state index in [1.165, 1.54) is 5.52 Å². The lowest BCUT2D eigenvalue weighted by molar-refractivity contribution is -0.125. The molecule has 1 amide bonds. The molecule has 1 N–H and O–H groups in total. The lowest BCUT2D eigenvalue weighted by Crippen LogP contribution is -2.31. The first-order valence-electron chi connectivity index (χ1n) is 8.93. The van der Waals surface area contributed by atoms with Gasteiger partial charge in [0.1, 0.15) is 5.82 Å². The van der Waals surface area contributed by atoms with E-state index in [9.17, 15) is 4.79 Å². The number of nitrogens with one attached hydrogen (secondary N) is 1. The highest BCUT2D eigenvalue weighted by molar-refractivity contribution is 5.78. The van der Waals surface area contributed by atoms with Crippen molar-refractivity contribution in [2.24, 2.45) is 5.92 Å². The molecule has 0 atom stereocenters. The Hall–Kier alpha value is -1.84. The van der Waals surface area contributed by atoms with Crippen molar-refractivity contribution in [3.63, 3.8) is 0 Å². The minimum absolute atomic E-state index is 0.152. The molecule has 0 fully saturated rings. The van der Waals surface area contributed by atoms with Gasteiger partial charge in [0.15, 0.2) is 0 Å². The van der Waals surface area contributed by atoms with Crippen LogP contribution in [-0.4, -0.2) is 22.0 Å². The molecular weight excluding hydrogens is 286 g/mol. The van der Waals surface area contributed by atoms with E-state index in [0.717, 1.165) is 56.5 Å². The summed E-state index contributed by atoms with van der Waals surface area (Å²) in [6, 6.07) is 8.30. The van der Waals surface area contributed by atoms with Gasteiger partial charge >= 0.3 is 0 Å². The Balaban J connectivity index is 1.94. The third-order valence-electron chi connectivity index (χ3n) is 4.41. The zero-order chi connectivity index (χ0) is 16.7. The molecular formula is C19H29N3O. The Morgan fingerprint density at radius 2 is 1.96 bits per heavy atom. The second-order valence-electron chi connectivity index (χ2n) is 6.08. The molecule has 126 valence electrons. The van der Waals surface area contributed by atoms with Crippen LogP contribution in [-0.2, 0) is 17.8 Å². The van der Waals surface area contributed by atoms with Crippen LogP contribution in [0.1, 0.15) is 52.3 Å². The molecule has 4 heteroatoms. The molecule has 0 bridgehead atoms. The maximum absolute atomic E-state index is 12.0. The van der Waals surface area contributed by atoms with Gasteiger partial charge in [-0.2, -0.15) is 0 Å². The second-order valence-corrected chi connectivity index (χ2v) is 6.08. The monoisotopic (exact) mass is 315 g/mol. The zero-order valence-electron chi connectivity index (χ0n) is 14.6. The van der Waals surface area contributed by atoms with Crippen LogP contribution in [0.25, 0.3) is 11.0 Å². The van der Waals surface area contributed by atoms with Crippen LogP contribution in [0.15, 0.2) is 24.3 Å². The summed E-state index contributed by atoms with van der Waals surface area (Å²) >= 11 is 0. The maximum Gasteiger partial charge on any atom is 0.223 e. The summed E-state index contributed by atoms with van der Waals surface area (Å²) in [6.07, 6.45) is 4.75. The third-order valence-corrected chi connectivity index (χ3v) is 4.41. The van der Waals surface area contributed by atoms with Gasteiger partial charge in [0, 0.05) is 25.4 Å². The first kappa shape index (κ1) is 17.5. The van der Waals surface area contributed by atoms with E-state index in [-0.39, 0.29) is 11.8 Å². The van der Waals surface area contributed by atoms with E-state index < -0.39 is 0 Å². The molecule has 1 aromatic carbocycles. The Labute approximate surface area is 139 Å². The van der Waals surface area contributed by atoms with E-state index in [0.29, 0.717) is 0 Å². The molecule has 0 saturated carbocycles. The van der Waals surface area contributed by atoms with Crippen LogP contribution < -0.4 is 5.32 Å². The van der Waals surface area contributed by atoms with Crippen molar-refractivity contribution in [1.29, 1.82) is 0 Å². The summed E-state index contributed by atoms with van der Waals surface area (Å²) in [5.74, 6) is 1.47. The normalized spacial score (nSPS) is 11.3. The lowest BCUT2D eigenvalue weighted by atomic mass is 10.0. The molecule has 2 aromatic rings. The number of benzene rings is 1. The smallest absolute Gasteiger partial charge is 0.223 e. The van der Waals surface area contributed by atoms with Crippen molar-refractivity contribution in [2.75, 3.05) is 6.54 Å². The number of rotatable bonds is 9. The van der Waals surface area contributed by atoms with Gasteiger partial charge in [-0.05, 0) is 37.8 Å². The van der Waals surface area contributed by atoms with Gasteiger partial charge in [-0.15, -0.1) is 0 Å². The van der Waals surface area contributed by atoms with Crippen molar-refractivity contribution in [3.8, 4) is 0 Å². The van der Waals surface area contributed by atoms with Crippen LogP contribution >= 0.6 is 0 Å². The summed E-state index contributed by atoms with van der Waals surface area (Å²) in [5.41, 5.74) is 2.28. The molecule has 0 radical (unpaired) electrons. The van der Waals surface area contributed by atoms with Gasteiger partial charge in [0.05, 0.1) is 11.0 Å². The zero-order valence-corrected chi connectivity index (χ0v) is 14.6. The summed E-state index contributed by atoms with van der Waals surface area (Å²) in [6.45, 7) is 8.05. The average Bonchev–Trinajstić information content (AvgIpc) is 2.91. The predicted octanol–water partition coefficient (Wildman–Crippen LogP) is 3.93. The fraction of sp³-hybridized carbons (Fsp3) is 0.579. The van der Waals surface area contributed by atoms with Crippen molar-refractivity contribution in [2.45, 2.75) is 59.4 Å². The molecule has 0 aliphatic heterocycles. The number of hydrogen-bond acceptors (Lipinski definition) is 2. The van der Waals surface area contributed by atoms with Crippen molar-refractivity contribution in [1.82, 2.24) is 14.9 Å². The second kappa shape index (κ2) is 8.70. The van der Waals surface area contributed by atoms with Gasteiger partial charge < -0.3 is 9.88 Å². The highest BCUT2D eigenvalue weighted by atomic mass is 16.1. The number of amides is 1. The number of nitrogens with zero attached hydrogens (tertiary/aromatic N) is 2. The molecule has 1 aromatic heterocycles. The number of para-hydroxylation sites is 2. The number of aryl methyl sites for hydroxylation is 2. The average molecular weight is 315 g/mol. The van der Waals surface area contributed by atoms with Gasteiger partial charge in [-0.3, -0.25) is 4.79 Å². The van der Waals surface area contributed by atoms with Gasteiger partial charge in [-0.25, -0.2) is 4.98 Å². The summed E-state index contributed by atoms with van der Waals surface area (Å²) in [7, 11) is 0. The highest BCUT2D eigenvalue weighted by Crippen LogP contribution is 2.17. The molecule has 1 heterocycles. The molecule has 0 unspecified atom stereocenters. The van der Waals surface area contributed by atoms with Crippen molar-refractivity contribution in [3.05, 3.63) is 30.1 Å². The molecule has 0 saturated heterocycles. The van der Waals surface area contributed by atoms with Gasteiger partial charge in [-0.1, -0.05) is 32.9 Å². The summed E-state index contributed by atoms with van der Waals surface area (Å²) in [4.78, 5) is 16.8. The first-order valence-corrected chi connectivity index (χ1v) is 8.93. The number of carbonyl (C=O) groups is 1. The van der Waals surface area contributed by atoms with E-state index in [1.807, 2.05) is 6.07 Å². The Bertz CT molecular complexity index is 629. The van der Waals surface area contributed by atoms with E-state index >= 15 is 0 Å². The molecule has 0 aliphatic rings. The van der Waals surface area contributed by atoms with Crippen molar-refractivity contribution >= 4 is 16.9 Å². The van der Waals surface area contributed by atoms with Gasteiger partial charge in [0.25, 0.3) is 0 Å². The largest absolute Gasteiger partial charge is 0.356 e. The number of aromatic nitrogens is 2. The van der Waals surface area contributed by atoms with Crippen LogP contribution in [0.2, 0.25) is 0 Å². The number of imidazole rings is 1. The van der Waals surface area contributed by atoms with E-state index in [4.69, 9.17) is 4.98 Å². The first-order chi connectivity index (χ1) is 11.2. The lowest BCUT2D eigenvalue weighted by Gasteiger charge is -2.13. The van der Waals surface area contributed by atoms with E-state index in [1.54, 1.807) is 0 Å².